The molecule has 22 heavy (non-hydrogen) atoms. The van der Waals surface area contributed by atoms with Crippen LogP contribution in [-0.2, 0) is 19.5 Å². The third kappa shape index (κ3) is 2.95. The molecule has 0 amide bonds. The first kappa shape index (κ1) is 15.4. The lowest BCUT2D eigenvalue weighted by Crippen LogP contribution is -2.58. The number of rotatable bonds is 6. The maximum absolute atomic E-state index is 12.6. The minimum absolute atomic E-state index is 0.113. The smallest absolute Gasteiger partial charge is 0.217 e. The van der Waals surface area contributed by atoms with Crippen LogP contribution in [0.2, 0.25) is 0 Å². The summed E-state index contributed by atoms with van der Waals surface area (Å²) in [7, 11) is -3.08. The summed E-state index contributed by atoms with van der Waals surface area (Å²) in [5.41, 5.74) is -0.118. The van der Waals surface area contributed by atoms with Gasteiger partial charge in [-0.05, 0) is 50.9 Å². The predicted molar refractivity (Wildman–Crippen MR) is 83.1 cm³/mol. The molecule has 4 rings (SSSR count). The lowest BCUT2D eigenvalue weighted by molar-refractivity contribution is -0.143. The summed E-state index contributed by atoms with van der Waals surface area (Å²) in [6.07, 6.45) is 7.28. The SMILES string of the molecule is O=S(=O)(C1CC1)N1CC[C@H]2OCCC[C@@]2(COCC2CC2)C1. The Balaban J connectivity index is 1.47. The van der Waals surface area contributed by atoms with Crippen molar-refractivity contribution in [2.45, 2.75) is 56.3 Å². The number of hydrogen-bond donors (Lipinski definition) is 0. The normalized spacial score (nSPS) is 37.0. The van der Waals surface area contributed by atoms with Gasteiger partial charge in [0.2, 0.25) is 10.0 Å². The van der Waals surface area contributed by atoms with Gasteiger partial charge in [0.05, 0.1) is 18.0 Å². The second-order valence-corrected chi connectivity index (χ2v) is 9.86. The zero-order valence-electron chi connectivity index (χ0n) is 13.2. The molecule has 2 heterocycles. The van der Waals surface area contributed by atoms with Crippen LogP contribution in [0.3, 0.4) is 0 Å². The maximum atomic E-state index is 12.6. The third-order valence-corrected chi connectivity index (χ3v) is 8.04. The van der Waals surface area contributed by atoms with E-state index in [1.165, 1.54) is 12.8 Å². The molecule has 0 radical (unpaired) electrons. The van der Waals surface area contributed by atoms with Crippen molar-refractivity contribution in [1.29, 1.82) is 0 Å². The molecule has 126 valence electrons. The van der Waals surface area contributed by atoms with Crippen molar-refractivity contribution >= 4 is 10.0 Å². The van der Waals surface area contributed by atoms with Crippen LogP contribution in [-0.4, -0.2) is 57.0 Å². The van der Waals surface area contributed by atoms with Gasteiger partial charge in [0, 0.05) is 31.7 Å². The number of ether oxygens (including phenoxy) is 2. The summed E-state index contributed by atoms with van der Waals surface area (Å²) in [6.45, 7) is 3.52. The van der Waals surface area contributed by atoms with Gasteiger partial charge in [0.1, 0.15) is 0 Å². The molecular weight excluding hydrogens is 302 g/mol. The van der Waals surface area contributed by atoms with Crippen molar-refractivity contribution in [3.05, 3.63) is 0 Å². The number of hydrogen-bond acceptors (Lipinski definition) is 4. The Morgan fingerprint density at radius 2 is 2.00 bits per heavy atom. The van der Waals surface area contributed by atoms with Gasteiger partial charge in [0.25, 0.3) is 0 Å². The molecule has 4 aliphatic rings. The standard InChI is InChI=1S/C16H27NO4S/c18-22(19,14-4-5-14)17-8-6-15-16(11-17,7-1-9-21-15)12-20-10-13-2-3-13/h13-15H,1-12H2/t15-,16+/m1/s1. The molecule has 0 aromatic carbocycles. The molecule has 0 aromatic heterocycles. The van der Waals surface area contributed by atoms with Gasteiger partial charge in [0.15, 0.2) is 0 Å². The van der Waals surface area contributed by atoms with E-state index in [9.17, 15) is 8.42 Å². The highest BCUT2D eigenvalue weighted by molar-refractivity contribution is 7.90. The Hall–Kier alpha value is -0.170. The van der Waals surface area contributed by atoms with E-state index < -0.39 is 10.0 Å². The lowest BCUT2D eigenvalue weighted by atomic mass is 9.73. The minimum Gasteiger partial charge on any atom is -0.380 e. The summed E-state index contributed by atoms with van der Waals surface area (Å²) in [5, 5.41) is -0.113. The van der Waals surface area contributed by atoms with Crippen molar-refractivity contribution in [2.24, 2.45) is 11.3 Å². The summed E-state index contributed by atoms with van der Waals surface area (Å²) in [4.78, 5) is 0. The van der Waals surface area contributed by atoms with Crippen LogP contribution in [0.15, 0.2) is 0 Å². The zero-order valence-corrected chi connectivity index (χ0v) is 14.0. The first-order chi connectivity index (χ1) is 10.6. The van der Waals surface area contributed by atoms with Crippen LogP contribution in [0.25, 0.3) is 0 Å². The molecule has 0 N–H and O–H groups in total. The van der Waals surface area contributed by atoms with Crippen LogP contribution in [0, 0.1) is 11.3 Å². The first-order valence-electron chi connectivity index (χ1n) is 8.78. The molecule has 2 saturated carbocycles. The van der Waals surface area contributed by atoms with Gasteiger partial charge < -0.3 is 9.47 Å². The molecule has 0 aromatic rings. The van der Waals surface area contributed by atoms with Gasteiger partial charge >= 0.3 is 0 Å². The molecule has 0 spiro atoms. The quantitative estimate of drug-likeness (QED) is 0.745. The topological polar surface area (TPSA) is 55.8 Å². The molecular formula is C16H27NO4S. The Morgan fingerprint density at radius 1 is 1.18 bits per heavy atom. The minimum atomic E-state index is -3.08. The van der Waals surface area contributed by atoms with Gasteiger partial charge in [-0.1, -0.05) is 0 Å². The lowest BCUT2D eigenvalue weighted by Gasteiger charge is -2.49. The van der Waals surface area contributed by atoms with E-state index in [1.54, 1.807) is 4.31 Å². The number of nitrogens with zero attached hydrogens (tertiary/aromatic N) is 1. The van der Waals surface area contributed by atoms with E-state index in [0.29, 0.717) is 19.7 Å². The van der Waals surface area contributed by atoms with Crippen molar-refractivity contribution in [3.63, 3.8) is 0 Å². The Morgan fingerprint density at radius 3 is 2.73 bits per heavy atom. The average Bonchev–Trinajstić information content (AvgIpc) is 3.38. The highest BCUT2D eigenvalue weighted by Crippen LogP contribution is 2.43. The summed E-state index contributed by atoms with van der Waals surface area (Å²) >= 11 is 0. The molecule has 2 aliphatic heterocycles. The number of fused-ring (bicyclic) bond motifs is 1. The first-order valence-corrected chi connectivity index (χ1v) is 10.3. The molecule has 0 unspecified atom stereocenters. The predicted octanol–water partition coefficient (Wildman–Crippen LogP) is 1.78. The Labute approximate surface area is 133 Å². The molecule has 2 atom stereocenters. The van der Waals surface area contributed by atoms with E-state index in [0.717, 1.165) is 51.2 Å². The van der Waals surface area contributed by atoms with Gasteiger partial charge in [-0.3, -0.25) is 0 Å². The maximum Gasteiger partial charge on any atom is 0.217 e. The summed E-state index contributed by atoms with van der Waals surface area (Å²) in [6, 6.07) is 0. The Bertz CT molecular complexity index is 514. The molecule has 4 fully saturated rings. The fourth-order valence-electron chi connectivity index (χ4n) is 3.97. The van der Waals surface area contributed by atoms with Crippen LogP contribution >= 0.6 is 0 Å². The third-order valence-electron chi connectivity index (χ3n) is 5.70. The molecule has 2 aliphatic carbocycles. The molecule has 0 bridgehead atoms. The zero-order chi connectivity index (χ0) is 15.2. The van der Waals surface area contributed by atoms with E-state index >= 15 is 0 Å². The van der Waals surface area contributed by atoms with E-state index in [1.807, 2.05) is 0 Å². The van der Waals surface area contributed by atoms with Gasteiger partial charge in [-0.15, -0.1) is 0 Å². The van der Waals surface area contributed by atoms with Gasteiger partial charge in [-0.25, -0.2) is 12.7 Å². The second kappa shape index (κ2) is 5.72. The van der Waals surface area contributed by atoms with E-state index in [-0.39, 0.29) is 16.8 Å². The number of piperidine rings is 1. The number of sulfonamides is 1. The average molecular weight is 329 g/mol. The molecule has 2 saturated heterocycles. The second-order valence-electron chi connectivity index (χ2n) is 7.65. The molecule has 5 nitrogen and oxygen atoms in total. The highest BCUT2D eigenvalue weighted by Gasteiger charge is 2.51. The van der Waals surface area contributed by atoms with E-state index in [4.69, 9.17) is 9.47 Å². The van der Waals surface area contributed by atoms with E-state index in [2.05, 4.69) is 0 Å². The van der Waals surface area contributed by atoms with Crippen molar-refractivity contribution < 1.29 is 17.9 Å². The largest absolute Gasteiger partial charge is 0.380 e. The summed E-state index contributed by atoms with van der Waals surface area (Å²) in [5.74, 6) is 0.745. The monoisotopic (exact) mass is 329 g/mol. The fraction of sp³-hybridized carbons (Fsp3) is 1.00. The van der Waals surface area contributed by atoms with Crippen LogP contribution in [0.5, 0.6) is 0 Å². The van der Waals surface area contributed by atoms with Crippen molar-refractivity contribution in [3.8, 4) is 0 Å². The van der Waals surface area contributed by atoms with Crippen LogP contribution in [0.4, 0.5) is 0 Å². The van der Waals surface area contributed by atoms with Crippen LogP contribution < -0.4 is 0 Å². The fourth-order valence-corrected chi connectivity index (χ4v) is 5.92. The highest BCUT2D eigenvalue weighted by atomic mass is 32.2. The molecule has 6 heteroatoms. The van der Waals surface area contributed by atoms with Crippen molar-refractivity contribution in [1.82, 2.24) is 4.31 Å². The summed E-state index contributed by atoms with van der Waals surface area (Å²) < 4.78 is 38.9. The Kier molecular flexibility index (Phi) is 4.00. The van der Waals surface area contributed by atoms with Crippen molar-refractivity contribution in [2.75, 3.05) is 32.9 Å². The van der Waals surface area contributed by atoms with Crippen LogP contribution in [0.1, 0.15) is 44.9 Å². The van der Waals surface area contributed by atoms with Gasteiger partial charge in [-0.2, -0.15) is 0 Å².